The third kappa shape index (κ3) is 3.31. The van der Waals surface area contributed by atoms with Gasteiger partial charge in [0.2, 0.25) is 0 Å². The third-order valence-corrected chi connectivity index (χ3v) is 4.93. The van der Waals surface area contributed by atoms with Gasteiger partial charge in [0.05, 0.1) is 12.7 Å². The molecular formula is C19H22N2O3. The second-order valence-corrected chi connectivity index (χ2v) is 6.36. The number of aromatic nitrogens is 2. The topological polar surface area (TPSA) is 72.3 Å². The summed E-state index contributed by atoms with van der Waals surface area (Å²) in [5, 5.41) is 8.90. The van der Waals surface area contributed by atoms with Crippen LogP contribution in [0.1, 0.15) is 47.4 Å². The van der Waals surface area contributed by atoms with E-state index in [-0.39, 0.29) is 11.2 Å². The number of benzene rings is 1. The first-order chi connectivity index (χ1) is 11.7. The van der Waals surface area contributed by atoms with Gasteiger partial charge < -0.3 is 9.84 Å². The van der Waals surface area contributed by atoms with Crippen LogP contribution in [0.4, 0.5) is 0 Å². The maximum absolute atomic E-state index is 11.5. The van der Waals surface area contributed by atoms with Crippen LogP contribution in [0.5, 0.6) is 5.75 Å². The molecule has 5 nitrogen and oxygen atoms in total. The van der Waals surface area contributed by atoms with Gasteiger partial charge in [-0.1, -0.05) is 25.0 Å². The molecule has 1 aliphatic rings. The van der Waals surface area contributed by atoms with E-state index < -0.39 is 6.61 Å². The van der Waals surface area contributed by atoms with Crippen molar-refractivity contribution in [2.75, 3.05) is 13.7 Å². The zero-order chi connectivity index (χ0) is 17.0. The van der Waals surface area contributed by atoms with Gasteiger partial charge in [0.15, 0.2) is 5.78 Å². The first-order valence-electron chi connectivity index (χ1n) is 8.26. The Morgan fingerprint density at radius 3 is 2.33 bits per heavy atom. The van der Waals surface area contributed by atoms with E-state index >= 15 is 0 Å². The maximum atomic E-state index is 11.5. The average Bonchev–Trinajstić information content (AvgIpc) is 3.11. The van der Waals surface area contributed by atoms with Gasteiger partial charge in [-0.05, 0) is 30.5 Å². The Morgan fingerprint density at radius 2 is 1.79 bits per heavy atom. The lowest BCUT2D eigenvalue weighted by atomic mass is 9.76. The Bertz CT molecular complexity index is 690. The molecule has 0 atom stereocenters. The van der Waals surface area contributed by atoms with Crippen LogP contribution in [0.2, 0.25) is 0 Å². The Hall–Kier alpha value is -2.27. The summed E-state index contributed by atoms with van der Waals surface area (Å²) in [6.07, 6.45) is 8.41. The lowest BCUT2D eigenvalue weighted by Crippen LogP contribution is -2.26. The van der Waals surface area contributed by atoms with Crippen molar-refractivity contribution in [3.8, 4) is 5.75 Å². The summed E-state index contributed by atoms with van der Waals surface area (Å²) < 4.78 is 5.25. The van der Waals surface area contributed by atoms with Crippen LogP contribution in [0.25, 0.3) is 0 Å². The summed E-state index contributed by atoms with van der Waals surface area (Å²) in [5.41, 5.74) is 1.69. The summed E-state index contributed by atoms with van der Waals surface area (Å²) in [4.78, 5) is 20.2. The number of ether oxygens (including phenoxy) is 1. The second kappa shape index (κ2) is 7.09. The molecule has 0 radical (unpaired) electrons. The highest BCUT2D eigenvalue weighted by Crippen LogP contribution is 2.43. The van der Waals surface area contributed by atoms with Gasteiger partial charge in [0, 0.05) is 24.2 Å². The molecule has 1 saturated carbocycles. The van der Waals surface area contributed by atoms with Gasteiger partial charge in [-0.25, -0.2) is 9.97 Å². The number of methoxy groups -OCH3 is 1. The first kappa shape index (κ1) is 16.6. The normalized spacial score (nSPS) is 16.1. The molecule has 1 aromatic heterocycles. The molecule has 126 valence electrons. The molecule has 0 bridgehead atoms. The van der Waals surface area contributed by atoms with E-state index in [4.69, 9.17) is 9.84 Å². The van der Waals surface area contributed by atoms with Crippen molar-refractivity contribution in [2.24, 2.45) is 0 Å². The van der Waals surface area contributed by atoms with E-state index in [2.05, 4.69) is 22.1 Å². The van der Waals surface area contributed by atoms with Crippen LogP contribution in [0.15, 0.2) is 36.7 Å². The maximum Gasteiger partial charge on any atom is 0.191 e. The van der Waals surface area contributed by atoms with Gasteiger partial charge in [-0.2, -0.15) is 0 Å². The SMILES string of the molecule is COc1ccc(C2(Cc3ncc(C(=O)CO)cn3)CCCC2)cc1. The van der Waals surface area contributed by atoms with Gasteiger partial charge in [-0.3, -0.25) is 4.79 Å². The largest absolute Gasteiger partial charge is 0.497 e. The van der Waals surface area contributed by atoms with Gasteiger partial charge in [-0.15, -0.1) is 0 Å². The minimum atomic E-state index is -0.515. The van der Waals surface area contributed by atoms with E-state index in [1.807, 2.05) is 12.1 Å². The molecule has 2 aromatic rings. The molecule has 1 aliphatic carbocycles. The highest BCUT2D eigenvalue weighted by atomic mass is 16.5. The van der Waals surface area contributed by atoms with Crippen molar-refractivity contribution < 1.29 is 14.6 Å². The van der Waals surface area contributed by atoms with Crippen molar-refractivity contribution in [1.29, 1.82) is 0 Å². The highest BCUT2D eigenvalue weighted by molar-refractivity contribution is 5.96. The van der Waals surface area contributed by atoms with Crippen LogP contribution in [-0.4, -0.2) is 34.6 Å². The number of Topliss-reactive ketones (excluding diaryl/α,β-unsaturated/α-hetero) is 1. The van der Waals surface area contributed by atoms with Crippen LogP contribution in [0, 0.1) is 0 Å². The van der Waals surface area contributed by atoms with E-state index in [9.17, 15) is 4.79 Å². The molecule has 0 saturated heterocycles. The summed E-state index contributed by atoms with van der Waals surface area (Å²) >= 11 is 0. The zero-order valence-corrected chi connectivity index (χ0v) is 13.9. The Balaban J connectivity index is 1.84. The smallest absolute Gasteiger partial charge is 0.191 e. The predicted octanol–water partition coefficient (Wildman–Crippen LogP) is 2.71. The number of hydrogen-bond acceptors (Lipinski definition) is 5. The number of nitrogens with zero attached hydrogens (tertiary/aromatic N) is 2. The number of rotatable bonds is 6. The second-order valence-electron chi connectivity index (χ2n) is 6.36. The van der Waals surface area contributed by atoms with E-state index in [1.165, 1.54) is 30.8 Å². The molecule has 24 heavy (non-hydrogen) atoms. The Morgan fingerprint density at radius 1 is 1.17 bits per heavy atom. The first-order valence-corrected chi connectivity index (χ1v) is 8.26. The van der Waals surface area contributed by atoms with Crippen molar-refractivity contribution in [2.45, 2.75) is 37.5 Å². The molecule has 3 rings (SSSR count). The van der Waals surface area contributed by atoms with Crippen LogP contribution < -0.4 is 4.74 Å². The minimum Gasteiger partial charge on any atom is -0.497 e. The molecule has 1 fully saturated rings. The lowest BCUT2D eigenvalue weighted by Gasteiger charge is -2.29. The van der Waals surface area contributed by atoms with Crippen molar-refractivity contribution >= 4 is 5.78 Å². The van der Waals surface area contributed by atoms with Crippen LogP contribution in [0.3, 0.4) is 0 Å². The number of ketones is 1. The van der Waals surface area contributed by atoms with Crippen molar-refractivity contribution in [3.63, 3.8) is 0 Å². The molecule has 1 N–H and O–H groups in total. The fraction of sp³-hybridized carbons (Fsp3) is 0.421. The van der Waals surface area contributed by atoms with Gasteiger partial charge >= 0.3 is 0 Å². The number of carbonyl (C=O) groups excluding carboxylic acids is 1. The van der Waals surface area contributed by atoms with Crippen molar-refractivity contribution in [3.05, 3.63) is 53.6 Å². The van der Waals surface area contributed by atoms with Gasteiger partial charge in [0.25, 0.3) is 0 Å². The fourth-order valence-electron chi connectivity index (χ4n) is 3.55. The standard InChI is InChI=1S/C19H22N2O3/c1-24-16-6-4-15(5-7-16)19(8-2-3-9-19)10-18-20-11-14(12-21-18)17(23)13-22/h4-7,11-12,22H,2-3,8-10,13H2,1H3. The average molecular weight is 326 g/mol. The van der Waals surface area contributed by atoms with Gasteiger partial charge in [0.1, 0.15) is 18.2 Å². The van der Waals surface area contributed by atoms with E-state index in [0.717, 1.165) is 30.8 Å². The highest BCUT2D eigenvalue weighted by Gasteiger charge is 2.36. The summed E-state index contributed by atoms with van der Waals surface area (Å²) in [5.74, 6) is 1.24. The number of aliphatic hydroxyl groups excluding tert-OH is 1. The molecule has 1 aromatic carbocycles. The quantitative estimate of drug-likeness (QED) is 0.826. The summed E-state index contributed by atoms with van der Waals surface area (Å²) in [6.45, 7) is -0.515. The number of aliphatic hydroxyl groups is 1. The molecule has 0 spiro atoms. The number of hydrogen-bond donors (Lipinski definition) is 1. The predicted molar refractivity (Wildman–Crippen MR) is 90.3 cm³/mol. The summed E-state index contributed by atoms with van der Waals surface area (Å²) in [7, 11) is 1.67. The monoisotopic (exact) mass is 326 g/mol. The minimum absolute atomic E-state index is 0.0504. The fourth-order valence-corrected chi connectivity index (χ4v) is 3.55. The summed E-state index contributed by atoms with van der Waals surface area (Å²) in [6, 6.07) is 8.26. The zero-order valence-electron chi connectivity index (χ0n) is 13.9. The van der Waals surface area contributed by atoms with E-state index in [0.29, 0.717) is 5.56 Å². The van der Waals surface area contributed by atoms with Crippen LogP contribution >= 0.6 is 0 Å². The molecule has 0 unspecified atom stereocenters. The van der Waals surface area contributed by atoms with E-state index in [1.54, 1.807) is 7.11 Å². The molecular weight excluding hydrogens is 304 g/mol. The Kier molecular flexibility index (Phi) is 4.90. The Labute approximate surface area is 141 Å². The third-order valence-electron chi connectivity index (χ3n) is 4.93. The number of carbonyl (C=O) groups is 1. The van der Waals surface area contributed by atoms with Crippen LogP contribution in [-0.2, 0) is 11.8 Å². The molecule has 0 aliphatic heterocycles. The van der Waals surface area contributed by atoms with Crippen molar-refractivity contribution in [1.82, 2.24) is 9.97 Å². The lowest BCUT2D eigenvalue weighted by molar-refractivity contribution is 0.0903. The molecule has 0 amide bonds. The molecule has 5 heteroatoms. The molecule has 1 heterocycles.